The second-order valence-corrected chi connectivity index (χ2v) is 6.76. The molecule has 1 aliphatic heterocycles. The van der Waals surface area contributed by atoms with Crippen LogP contribution in [0.4, 0.5) is 0 Å². The quantitative estimate of drug-likeness (QED) is 0.810. The number of aryl methyl sites for hydroxylation is 1. The summed E-state index contributed by atoms with van der Waals surface area (Å²) in [6, 6.07) is 8.28. The maximum absolute atomic E-state index is 10.8. The standard InChI is InChI=1S/C21H23N3O2/c1-13-4-6-17(7-5-13)14(2)20-21(22)23-8-9-24(20)15(3)18-10-16(11-18)12-19(25)26/h4-9,12,18H,3,10-11H2,1-2H3,(H2,22,23)(H,25,26)/b16-12?,20-14+. The van der Waals surface area contributed by atoms with Crippen LogP contribution < -0.4 is 5.73 Å². The molecule has 0 saturated heterocycles. The van der Waals surface area contributed by atoms with E-state index in [1.807, 2.05) is 18.0 Å². The lowest BCUT2D eigenvalue weighted by atomic mass is 9.77. The van der Waals surface area contributed by atoms with Gasteiger partial charge < -0.3 is 15.7 Å². The molecule has 0 amide bonds. The summed E-state index contributed by atoms with van der Waals surface area (Å²) in [5, 5.41) is 8.86. The van der Waals surface area contributed by atoms with Crippen LogP contribution in [-0.2, 0) is 4.79 Å². The molecule has 134 valence electrons. The molecule has 1 fully saturated rings. The molecule has 1 aromatic rings. The molecule has 0 aromatic heterocycles. The third-order valence-corrected chi connectivity index (χ3v) is 4.88. The predicted molar refractivity (Wildman–Crippen MR) is 104 cm³/mol. The molecule has 0 bridgehead atoms. The molecular weight excluding hydrogens is 326 g/mol. The first kappa shape index (κ1) is 17.7. The highest BCUT2D eigenvalue weighted by molar-refractivity contribution is 6.04. The molecule has 0 unspecified atom stereocenters. The summed E-state index contributed by atoms with van der Waals surface area (Å²) in [6.07, 6.45) is 6.25. The van der Waals surface area contributed by atoms with E-state index in [2.05, 4.69) is 42.8 Å². The van der Waals surface area contributed by atoms with E-state index < -0.39 is 5.97 Å². The summed E-state index contributed by atoms with van der Waals surface area (Å²) >= 11 is 0. The summed E-state index contributed by atoms with van der Waals surface area (Å²) in [7, 11) is 0. The van der Waals surface area contributed by atoms with Crippen molar-refractivity contribution in [1.29, 1.82) is 0 Å². The first-order chi connectivity index (χ1) is 12.4. The number of carboxylic acid groups (broad SMARTS) is 1. The molecule has 26 heavy (non-hydrogen) atoms. The van der Waals surface area contributed by atoms with E-state index >= 15 is 0 Å². The largest absolute Gasteiger partial charge is 0.478 e. The minimum atomic E-state index is -0.894. The van der Waals surface area contributed by atoms with E-state index in [1.165, 1.54) is 11.6 Å². The number of benzene rings is 1. The fourth-order valence-corrected chi connectivity index (χ4v) is 3.29. The van der Waals surface area contributed by atoms with Crippen molar-refractivity contribution in [3.8, 4) is 0 Å². The second-order valence-electron chi connectivity index (χ2n) is 6.76. The lowest BCUT2D eigenvalue weighted by Crippen LogP contribution is -2.34. The van der Waals surface area contributed by atoms with E-state index in [4.69, 9.17) is 10.8 Å². The Bertz CT molecular complexity index is 865. The number of nitrogens with zero attached hydrogens (tertiary/aromatic N) is 2. The Labute approximate surface area is 153 Å². The van der Waals surface area contributed by atoms with Gasteiger partial charge in [-0.15, -0.1) is 0 Å². The van der Waals surface area contributed by atoms with Gasteiger partial charge >= 0.3 is 5.97 Å². The molecule has 5 heteroatoms. The van der Waals surface area contributed by atoms with Gasteiger partial charge in [-0.25, -0.2) is 9.79 Å². The summed E-state index contributed by atoms with van der Waals surface area (Å²) in [4.78, 5) is 17.0. The number of hydrogen-bond acceptors (Lipinski definition) is 4. The van der Waals surface area contributed by atoms with E-state index in [0.29, 0.717) is 18.7 Å². The highest BCUT2D eigenvalue weighted by atomic mass is 16.4. The molecule has 1 aromatic carbocycles. The lowest BCUT2D eigenvalue weighted by molar-refractivity contribution is -0.131. The van der Waals surface area contributed by atoms with Crippen LogP contribution >= 0.6 is 0 Å². The van der Waals surface area contributed by atoms with Crippen LogP contribution in [0.2, 0.25) is 0 Å². The van der Waals surface area contributed by atoms with Crippen molar-refractivity contribution in [3.05, 3.63) is 77.4 Å². The van der Waals surface area contributed by atoms with Gasteiger partial charge in [0.05, 0.1) is 5.70 Å². The third kappa shape index (κ3) is 3.47. The van der Waals surface area contributed by atoms with Crippen LogP contribution in [0.15, 0.2) is 71.3 Å². The van der Waals surface area contributed by atoms with Crippen LogP contribution in [0.1, 0.15) is 30.9 Å². The van der Waals surface area contributed by atoms with Gasteiger partial charge in [0.25, 0.3) is 0 Å². The second kappa shape index (κ2) is 7.04. The van der Waals surface area contributed by atoms with Gasteiger partial charge in [-0.1, -0.05) is 42.0 Å². The molecule has 0 radical (unpaired) electrons. The number of rotatable bonds is 4. The van der Waals surface area contributed by atoms with Crippen LogP contribution in [0.5, 0.6) is 0 Å². The zero-order valence-electron chi connectivity index (χ0n) is 15.1. The maximum Gasteiger partial charge on any atom is 0.328 e. The minimum absolute atomic E-state index is 0.206. The van der Waals surface area contributed by atoms with Gasteiger partial charge in [0.15, 0.2) is 0 Å². The molecule has 0 spiro atoms. The Morgan fingerprint density at radius 2 is 2.00 bits per heavy atom. The van der Waals surface area contributed by atoms with E-state index in [0.717, 1.165) is 28.1 Å². The Morgan fingerprint density at radius 1 is 1.35 bits per heavy atom. The van der Waals surface area contributed by atoms with Crippen molar-refractivity contribution in [3.63, 3.8) is 0 Å². The number of aliphatic imine (C=N–C) groups is 1. The number of aliphatic carboxylic acids is 1. The number of carbonyl (C=O) groups is 1. The van der Waals surface area contributed by atoms with E-state index in [9.17, 15) is 4.79 Å². The summed E-state index contributed by atoms with van der Waals surface area (Å²) in [5.41, 5.74) is 12.2. The zero-order valence-corrected chi connectivity index (χ0v) is 15.1. The summed E-state index contributed by atoms with van der Waals surface area (Å²) < 4.78 is 0. The zero-order chi connectivity index (χ0) is 18.8. The Kier molecular flexibility index (Phi) is 4.80. The normalized spacial score (nSPS) is 21.0. The Morgan fingerprint density at radius 3 is 2.62 bits per heavy atom. The fraction of sp³-hybridized carbons (Fsp3) is 0.238. The minimum Gasteiger partial charge on any atom is -0.478 e. The van der Waals surface area contributed by atoms with Gasteiger partial charge in [-0.3, -0.25) is 0 Å². The molecule has 3 rings (SSSR count). The van der Waals surface area contributed by atoms with Crippen LogP contribution in [-0.4, -0.2) is 21.8 Å². The third-order valence-electron chi connectivity index (χ3n) is 4.88. The maximum atomic E-state index is 10.8. The molecule has 1 aliphatic carbocycles. The van der Waals surface area contributed by atoms with Crippen LogP contribution in [0, 0.1) is 12.8 Å². The Balaban J connectivity index is 1.88. The van der Waals surface area contributed by atoms with Gasteiger partial charge in [0, 0.05) is 30.1 Å². The van der Waals surface area contributed by atoms with Gasteiger partial charge in [-0.05, 0) is 37.8 Å². The lowest BCUT2D eigenvalue weighted by Gasteiger charge is -2.38. The van der Waals surface area contributed by atoms with Gasteiger partial charge in [-0.2, -0.15) is 0 Å². The monoisotopic (exact) mass is 349 g/mol. The van der Waals surface area contributed by atoms with Crippen molar-refractivity contribution < 1.29 is 9.90 Å². The molecular formula is C21H23N3O2. The van der Waals surface area contributed by atoms with Crippen molar-refractivity contribution in [2.45, 2.75) is 26.7 Å². The number of carboxylic acids is 1. The molecule has 0 atom stereocenters. The first-order valence-corrected chi connectivity index (χ1v) is 8.55. The fourth-order valence-electron chi connectivity index (χ4n) is 3.29. The van der Waals surface area contributed by atoms with Crippen molar-refractivity contribution >= 4 is 17.4 Å². The number of amidine groups is 1. The average Bonchev–Trinajstić information content (AvgIpc) is 2.57. The highest BCUT2D eigenvalue weighted by Crippen LogP contribution is 2.41. The number of nitrogens with two attached hydrogens (primary N) is 1. The average molecular weight is 349 g/mol. The van der Waals surface area contributed by atoms with Gasteiger partial charge in [0.1, 0.15) is 5.84 Å². The van der Waals surface area contributed by atoms with Crippen molar-refractivity contribution in [1.82, 2.24) is 4.90 Å². The molecule has 5 nitrogen and oxygen atoms in total. The van der Waals surface area contributed by atoms with Crippen molar-refractivity contribution in [2.75, 3.05) is 0 Å². The summed E-state index contributed by atoms with van der Waals surface area (Å²) in [6.45, 7) is 8.32. The smallest absolute Gasteiger partial charge is 0.328 e. The van der Waals surface area contributed by atoms with E-state index in [1.54, 1.807) is 6.20 Å². The topological polar surface area (TPSA) is 78.9 Å². The molecule has 2 aliphatic rings. The van der Waals surface area contributed by atoms with Crippen LogP contribution in [0.25, 0.3) is 5.57 Å². The predicted octanol–water partition coefficient (Wildman–Crippen LogP) is 3.80. The SMILES string of the molecule is C=C(C1CC(=CC(=O)O)C1)N1C=CN=C(N)/C1=C(/C)c1ccc(C)cc1. The van der Waals surface area contributed by atoms with Crippen molar-refractivity contribution in [2.24, 2.45) is 16.6 Å². The first-order valence-electron chi connectivity index (χ1n) is 8.55. The Hall–Kier alpha value is -3.08. The number of allylic oxidation sites excluding steroid dienone is 3. The van der Waals surface area contributed by atoms with Crippen LogP contribution in [0.3, 0.4) is 0 Å². The molecule has 3 N–H and O–H groups in total. The van der Waals surface area contributed by atoms with Gasteiger partial charge in [0.2, 0.25) is 0 Å². The summed E-state index contributed by atoms with van der Waals surface area (Å²) in [5.74, 6) is -0.238. The number of hydrogen-bond donors (Lipinski definition) is 2. The highest BCUT2D eigenvalue weighted by Gasteiger charge is 2.31. The van der Waals surface area contributed by atoms with E-state index in [-0.39, 0.29) is 5.92 Å². The molecule has 1 heterocycles. The molecule has 1 saturated carbocycles.